The summed E-state index contributed by atoms with van der Waals surface area (Å²) in [6.45, 7) is 1.87. The molecule has 2 aliphatic heterocycles. The number of rotatable bonds is 7. The van der Waals surface area contributed by atoms with Crippen LogP contribution in [0.25, 0.3) is 11.1 Å². The lowest BCUT2D eigenvalue weighted by molar-refractivity contribution is -0.155. The molecule has 41 heavy (non-hydrogen) atoms. The van der Waals surface area contributed by atoms with E-state index in [2.05, 4.69) is 10.3 Å². The number of carbonyl (C=O) groups excluding carboxylic acids is 1. The van der Waals surface area contributed by atoms with Crippen LogP contribution in [0.2, 0.25) is 0 Å². The fraction of sp³-hybridized carbons (Fsp3) is 0.429. The van der Waals surface area contributed by atoms with Crippen LogP contribution >= 0.6 is 0 Å². The number of hydrogen-bond donors (Lipinski definition) is 2. The Morgan fingerprint density at radius 1 is 1.20 bits per heavy atom. The van der Waals surface area contributed by atoms with E-state index in [4.69, 9.17) is 4.42 Å². The molecule has 220 valence electrons. The molecule has 2 aliphatic rings. The summed E-state index contributed by atoms with van der Waals surface area (Å²) in [5.41, 5.74) is 0.885. The molecular formula is C28H30F5N5O3. The Labute approximate surface area is 232 Å². The molecule has 2 atom stereocenters. The zero-order chi connectivity index (χ0) is 29.6. The number of fused-ring (bicyclic) bond motifs is 3. The van der Waals surface area contributed by atoms with E-state index in [9.17, 15) is 22.8 Å². The average molecular weight is 580 g/mol. The quantitative estimate of drug-likeness (QED) is 0.325. The van der Waals surface area contributed by atoms with Crippen molar-refractivity contribution in [2.24, 2.45) is 0 Å². The number of halogens is 5. The minimum Gasteiger partial charge on any atom is -0.408 e. The third-order valence-corrected chi connectivity index (χ3v) is 7.53. The van der Waals surface area contributed by atoms with Crippen LogP contribution in [-0.2, 0) is 11.2 Å². The van der Waals surface area contributed by atoms with Crippen molar-refractivity contribution in [1.29, 1.82) is 0 Å². The van der Waals surface area contributed by atoms with Crippen LogP contribution in [0.3, 0.4) is 0 Å². The molecule has 0 saturated carbocycles. The van der Waals surface area contributed by atoms with Gasteiger partial charge in [-0.15, -0.1) is 0 Å². The van der Waals surface area contributed by atoms with Gasteiger partial charge in [0, 0.05) is 62.7 Å². The molecule has 1 fully saturated rings. The first-order valence-electron chi connectivity index (χ1n) is 13.1. The van der Waals surface area contributed by atoms with E-state index >= 15 is 8.78 Å². The first-order valence-corrected chi connectivity index (χ1v) is 13.1. The largest absolute Gasteiger partial charge is 0.417 e. The molecule has 3 aromatic rings. The number of H-pyrrole nitrogens is 1. The van der Waals surface area contributed by atoms with Gasteiger partial charge >= 0.3 is 11.9 Å². The number of benzene rings is 2. The average Bonchev–Trinajstić information content (AvgIpc) is 3.23. The number of aromatic amines is 1. The van der Waals surface area contributed by atoms with Crippen LogP contribution < -0.4 is 11.1 Å². The molecule has 0 radical (unpaired) electrons. The molecule has 1 saturated heterocycles. The first kappa shape index (κ1) is 28.8. The standard InChI is InChI=1S/C28H30F5N5O3/c1-15-9-19-18(6-7-22-26(19)41-27(40)35-22)25(38(15)14-28(31,32)33)24-20(29)10-16(11-21(24)30)34-17-12-37(13-17)8-4-5-23(39)36(2)3/h4-7,10-11,15,17,25,34H,8-9,12-14H2,1-3H3,(H,35,40)/b5-4+/t15-,25+/m1/s1. The molecule has 3 heterocycles. The number of likely N-dealkylation sites (tertiary alicyclic amines) is 1. The maximum Gasteiger partial charge on any atom is 0.417 e. The Morgan fingerprint density at radius 3 is 2.51 bits per heavy atom. The maximum atomic E-state index is 15.7. The second kappa shape index (κ2) is 10.9. The van der Waals surface area contributed by atoms with Crippen molar-refractivity contribution in [2.75, 3.05) is 45.6 Å². The Bertz CT molecular complexity index is 1520. The smallest absolute Gasteiger partial charge is 0.408 e. The maximum absolute atomic E-state index is 15.7. The van der Waals surface area contributed by atoms with Crippen molar-refractivity contribution in [1.82, 2.24) is 19.7 Å². The van der Waals surface area contributed by atoms with Crippen molar-refractivity contribution in [3.8, 4) is 0 Å². The van der Waals surface area contributed by atoms with E-state index in [1.165, 1.54) is 23.1 Å². The second-order valence-corrected chi connectivity index (χ2v) is 10.8. The lowest BCUT2D eigenvalue weighted by atomic mass is 9.84. The Morgan fingerprint density at radius 2 is 1.88 bits per heavy atom. The minimum absolute atomic E-state index is 0.0968. The van der Waals surface area contributed by atoms with Crippen molar-refractivity contribution >= 4 is 22.7 Å². The number of oxazole rings is 1. The van der Waals surface area contributed by atoms with Crippen LogP contribution in [0.15, 0.2) is 45.6 Å². The summed E-state index contributed by atoms with van der Waals surface area (Å²) in [5.74, 6) is -2.82. The highest BCUT2D eigenvalue weighted by molar-refractivity contribution is 5.87. The number of aromatic nitrogens is 1. The lowest BCUT2D eigenvalue weighted by Crippen LogP contribution is -2.54. The molecule has 1 amide bonds. The van der Waals surface area contributed by atoms with Gasteiger partial charge < -0.3 is 14.6 Å². The number of nitrogens with one attached hydrogen (secondary N) is 2. The Hall–Kier alpha value is -3.71. The third kappa shape index (κ3) is 6.01. The summed E-state index contributed by atoms with van der Waals surface area (Å²) in [7, 11) is 3.31. The third-order valence-electron chi connectivity index (χ3n) is 7.53. The molecule has 0 aliphatic carbocycles. The van der Waals surface area contributed by atoms with Crippen molar-refractivity contribution in [3.05, 3.63) is 75.3 Å². The van der Waals surface area contributed by atoms with Gasteiger partial charge in [0.05, 0.1) is 24.1 Å². The van der Waals surface area contributed by atoms with Gasteiger partial charge in [-0.1, -0.05) is 12.1 Å². The van der Waals surface area contributed by atoms with Gasteiger partial charge in [-0.2, -0.15) is 13.2 Å². The molecule has 8 nitrogen and oxygen atoms in total. The predicted molar refractivity (Wildman–Crippen MR) is 143 cm³/mol. The van der Waals surface area contributed by atoms with Gasteiger partial charge in [0.15, 0.2) is 5.58 Å². The highest BCUT2D eigenvalue weighted by Crippen LogP contribution is 2.43. The van der Waals surface area contributed by atoms with Gasteiger partial charge in [0.25, 0.3) is 0 Å². The fourth-order valence-electron chi connectivity index (χ4n) is 5.60. The topological polar surface area (TPSA) is 84.8 Å². The highest BCUT2D eigenvalue weighted by Gasteiger charge is 2.43. The zero-order valence-corrected chi connectivity index (χ0v) is 22.7. The van der Waals surface area contributed by atoms with Crippen LogP contribution in [0.5, 0.6) is 0 Å². The Balaban J connectivity index is 1.41. The van der Waals surface area contributed by atoms with E-state index in [0.29, 0.717) is 30.7 Å². The van der Waals surface area contributed by atoms with Crippen LogP contribution in [-0.4, -0.2) is 84.1 Å². The number of hydrogen-bond acceptors (Lipinski definition) is 6. The second-order valence-electron chi connectivity index (χ2n) is 10.8. The van der Waals surface area contributed by atoms with Crippen molar-refractivity contribution in [2.45, 2.75) is 37.6 Å². The summed E-state index contributed by atoms with van der Waals surface area (Å²) in [4.78, 5) is 30.5. The van der Waals surface area contributed by atoms with Gasteiger partial charge in [0.1, 0.15) is 11.6 Å². The molecule has 2 aromatic carbocycles. The number of amides is 1. The number of nitrogens with zero attached hydrogens (tertiary/aromatic N) is 3. The van der Waals surface area contributed by atoms with Gasteiger partial charge in [0.2, 0.25) is 5.91 Å². The molecular weight excluding hydrogens is 549 g/mol. The molecule has 2 N–H and O–H groups in total. The zero-order valence-electron chi connectivity index (χ0n) is 22.7. The van der Waals surface area contributed by atoms with Gasteiger partial charge in [-0.05, 0) is 37.1 Å². The van der Waals surface area contributed by atoms with Crippen LogP contribution in [0.1, 0.15) is 29.7 Å². The summed E-state index contributed by atoms with van der Waals surface area (Å²) >= 11 is 0. The first-order chi connectivity index (χ1) is 19.3. The monoisotopic (exact) mass is 579 g/mol. The number of alkyl halides is 3. The van der Waals surface area contributed by atoms with E-state index in [0.717, 1.165) is 17.0 Å². The van der Waals surface area contributed by atoms with Crippen molar-refractivity contribution in [3.63, 3.8) is 0 Å². The molecule has 0 bridgehead atoms. The fourth-order valence-corrected chi connectivity index (χ4v) is 5.60. The molecule has 1 aromatic heterocycles. The normalized spacial score (nSPS) is 20.4. The van der Waals surface area contributed by atoms with E-state index in [1.807, 2.05) is 4.90 Å². The lowest BCUT2D eigenvalue weighted by Gasteiger charge is -2.42. The van der Waals surface area contributed by atoms with Crippen molar-refractivity contribution < 1.29 is 31.2 Å². The minimum atomic E-state index is -4.62. The van der Waals surface area contributed by atoms with Crippen LogP contribution in [0.4, 0.5) is 27.6 Å². The van der Waals surface area contributed by atoms with E-state index in [1.54, 1.807) is 27.1 Å². The van der Waals surface area contributed by atoms with E-state index in [-0.39, 0.29) is 35.2 Å². The summed E-state index contributed by atoms with van der Waals surface area (Å²) < 4.78 is 77.5. The predicted octanol–water partition coefficient (Wildman–Crippen LogP) is 4.04. The number of likely N-dealkylation sites (N-methyl/N-ethyl adjacent to an activating group) is 1. The highest BCUT2D eigenvalue weighted by atomic mass is 19.4. The summed E-state index contributed by atoms with van der Waals surface area (Å²) in [6.07, 6.45) is -1.30. The van der Waals surface area contributed by atoms with Crippen LogP contribution in [0, 0.1) is 11.6 Å². The molecule has 0 unspecified atom stereocenters. The number of anilines is 1. The Kier molecular flexibility index (Phi) is 7.68. The van der Waals surface area contributed by atoms with E-state index < -0.39 is 47.8 Å². The summed E-state index contributed by atoms with van der Waals surface area (Å²) in [6, 6.07) is 2.88. The number of carbonyl (C=O) groups is 1. The molecule has 13 heteroatoms. The SMILES string of the molecule is C[C@@H]1Cc2c(ccc3[nH]c(=O)oc23)[C@@H](c2c(F)cc(NC3CN(C/C=C/C(=O)N(C)C)C3)cc2F)N1CC(F)(F)F. The van der Waals surface area contributed by atoms with Gasteiger partial charge in [-0.3, -0.25) is 19.6 Å². The summed E-state index contributed by atoms with van der Waals surface area (Å²) in [5, 5.41) is 3.07. The van der Waals surface area contributed by atoms with Gasteiger partial charge in [-0.25, -0.2) is 13.6 Å². The molecule has 0 spiro atoms. The molecule has 5 rings (SSSR count).